The number of aliphatic hydroxyl groups excluding tert-OH is 1. The Balaban J connectivity index is 1.66. The number of rotatable bonds is 8. The summed E-state index contributed by atoms with van der Waals surface area (Å²) in [7, 11) is -2.40. The van der Waals surface area contributed by atoms with Gasteiger partial charge in [-0.3, -0.25) is 19.3 Å². The fourth-order valence-corrected chi connectivity index (χ4v) is 6.39. The van der Waals surface area contributed by atoms with Crippen molar-refractivity contribution in [3.8, 4) is 5.75 Å². The summed E-state index contributed by atoms with van der Waals surface area (Å²) < 4.78 is 54.6. The molecule has 0 unspecified atom stereocenters. The molecule has 0 aliphatic carbocycles. The Labute approximate surface area is 275 Å². The number of benzene rings is 2. The van der Waals surface area contributed by atoms with Gasteiger partial charge in [0.15, 0.2) is 0 Å². The van der Waals surface area contributed by atoms with Crippen molar-refractivity contribution in [3.05, 3.63) is 83.9 Å². The number of aromatic nitrogens is 1. The first-order valence-corrected chi connectivity index (χ1v) is 17.2. The van der Waals surface area contributed by atoms with Gasteiger partial charge in [-0.1, -0.05) is 6.92 Å². The van der Waals surface area contributed by atoms with E-state index >= 15 is 0 Å². The van der Waals surface area contributed by atoms with Crippen molar-refractivity contribution < 1.29 is 37.0 Å². The van der Waals surface area contributed by atoms with Crippen molar-refractivity contribution in [1.29, 1.82) is 0 Å². The van der Waals surface area contributed by atoms with Crippen molar-refractivity contribution in [2.24, 2.45) is 5.92 Å². The Kier molecular flexibility index (Phi) is 12.3. The molecule has 254 valence electrons. The minimum Gasteiger partial charge on any atom is -0.490 e. The van der Waals surface area contributed by atoms with Gasteiger partial charge in [0.2, 0.25) is 0 Å². The third-order valence-electron chi connectivity index (χ3n) is 8.16. The maximum atomic E-state index is 14.3. The van der Waals surface area contributed by atoms with Crippen molar-refractivity contribution in [2.75, 3.05) is 38.1 Å². The molecule has 0 saturated heterocycles. The van der Waals surface area contributed by atoms with Crippen LogP contribution in [0.2, 0.25) is 0 Å². The van der Waals surface area contributed by atoms with Crippen LogP contribution in [0.3, 0.4) is 0 Å². The third kappa shape index (κ3) is 9.49. The molecule has 11 nitrogen and oxygen atoms in total. The lowest BCUT2D eigenvalue weighted by atomic mass is 10.0. The Bertz CT molecular complexity index is 1610. The molecule has 1 aliphatic rings. The Hall–Kier alpha value is -4.07. The number of carbonyl (C=O) groups excluding carboxylic acids is 2. The third-order valence-corrected chi connectivity index (χ3v) is 9.55. The minimum absolute atomic E-state index is 0.112. The van der Waals surface area contributed by atoms with Gasteiger partial charge in [-0.2, -0.15) is 0 Å². The van der Waals surface area contributed by atoms with Crippen molar-refractivity contribution in [3.63, 3.8) is 0 Å². The van der Waals surface area contributed by atoms with Gasteiger partial charge in [0, 0.05) is 56.3 Å². The lowest BCUT2D eigenvalue weighted by molar-refractivity contribution is -0.0149. The largest absolute Gasteiger partial charge is 0.490 e. The van der Waals surface area contributed by atoms with E-state index in [1.165, 1.54) is 17.0 Å². The number of nitrogens with one attached hydrogen (secondary N) is 1. The molecule has 0 spiro atoms. The standard InChI is InChI=1S/C34H43FN4O7S/c1-23-20-39(24(2)22-40)34(42)30-19-28(37-47(43,44)29-11-8-27(35)9-12-29)10-13-31(30)46-25(3)7-5-6-18-45-32(23)21-38(4)33(41)26-14-16-36-17-15-26/h8-17,19,23-25,32,37,40H,5-7,18,20-22H2,1-4H3/t23-,24+,25+,32+/m0/s1. The molecule has 2 heterocycles. The zero-order valence-electron chi connectivity index (χ0n) is 27.1. The number of amides is 2. The highest BCUT2D eigenvalue weighted by molar-refractivity contribution is 7.92. The van der Waals surface area contributed by atoms with Crippen LogP contribution in [0.1, 0.15) is 60.7 Å². The van der Waals surface area contributed by atoms with Crippen LogP contribution in [-0.2, 0) is 14.8 Å². The van der Waals surface area contributed by atoms with Gasteiger partial charge in [-0.15, -0.1) is 0 Å². The van der Waals surface area contributed by atoms with Gasteiger partial charge in [-0.25, -0.2) is 12.8 Å². The van der Waals surface area contributed by atoms with Crippen LogP contribution in [0.4, 0.5) is 10.1 Å². The molecule has 0 radical (unpaired) electrons. The van der Waals surface area contributed by atoms with Gasteiger partial charge in [0.1, 0.15) is 11.6 Å². The number of carbonyl (C=O) groups is 2. The number of hydrogen-bond acceptors (Lipinski definition) is 8. The molecule has 1 aromatic heterocycles. The lowest BCUT2D eigenvalue weighted by Crippen LogP contribution is -2.48. The Morgan fingerprint density at radius 1 is 1.13 bits per heavy atom. The van der Waals surface area contributed by atoms with E-state index in [2.05, 4.69) is 9.71 Å². The van der Waals surface area contributed by atoms with Crippen LogP contribution < -0.4 is 9.46 Å². The van der Waals surface area contributed by atoms with Gasteiger partial charge < -0.3 is 24.4 Å². The molecule has 2 amide bonds. The molecule has 0 bridgehead atoms. The van der Waals surface area contributed by atoms with Crippen LogP contribution in [-0.4, -0.2) is 91.7 Å². The average Bonchev–Trinajstić information content (AvgIpc) is 3.06. The maximum Gasteiger partial charge on any atom is 0.261 e. The van der Waals surface area contributed by atoms with E-state index in [0.29, 0.717) is 18.6 Å². The normalized spacial score (nSPS) is 20.3. The summed E-state index contributed by atoms with van der Waals surface area (Å²) in [5, 5.41) is 10.2. The second-order valence-corrected chi connectivity index (χ2v) is 13.7. The molecule has 4 rings (SSSR count). The van der Waals surface area contributed by atoms with E-state index in [-0.39, 0.29) is 59.5 Å². The topological polar surface area (TPSA) is 138 Å². The van der Waals surface area contributed by atoms with E-state index in [1.54, 1.807) is 49.5 Å². The first kappa shape index (κ1) is 35.8. The van der Waals surface area contributed by atoms with E-state index in [4.69, 9.17) is 9.47 Å². The fraction of sp³-hybridized carbons (Fsp3) is 0.441. The number of likely N-dealkylation sites (N-methyl/N-ethyl adjacent to an activating group) is 1. The highest BCUT2D eigenvalue weighted by atomic mass is 32.2. The van der Waals surface area contributed by atoms with Crippen LogP contribution in [0.25, 0.3) is 0 Å². The Morgan fingerprint density at radius 2 is 1.83 bits per heavy atom. The molecule has 0 fully saturated rings. The molecule has 1 aliphatic heterocycles. The monoisotopic (exact) mass is 670 g/mol. The summed E-state index contributed by atoms with van der Waals surface area (Å²) in [6.07, 6.45) is 4.64. The summed E-state index contributed by atoms with van der Waals surface area (Å²) in [6.45, 7) is 6.10. The second kappa shape index (κ2) is 16.2. The predicted molar refractivity (Wildman–Crippen MR) is 175 cm³/mol. The number of pyridine rings is 1. The zero-order valence-corrected chi connectivity index (χ0v) is 28.0. The van der Waals surface area contributed by atoms with Gasteiger partial charge in [0.25, 0.3) is 21.8 Å². The molecule has 2 aromatic carbocycles. The number of nitrogens with zero attached hydrogens (tertiary/aromatic N) is 3. The highest BCUT2D eigenvalue weighted by Crippen LogP contribution is 2.29. The number of ether oxygens (including phenoxy) is 2. The summed E-state index contributed by atoms with van der Waals surface area (Å²) in [4.78, 5) is 34.4. The summed E-state index contributed by atoms with van der Waals surface area (Å²) in [6, 6.07) is 11.6. The predicted octanol–water partition coefficient (Wildman–Crippen LogP) is 4.59. The van der Waals surface area contributed by atoms with Gasteiger partial charge in [0.05, 0.1) is 35.3 Å². The van der Waals surface area contributed by atoms with Crippen LogP contribution in [0.5, 0.6) is 5.75 Å². The molecule has 4 atom stereocenters. The van der Waals surface area contributed by atoms with Crippen LogP contribution >= 0.6 is 0 Å². The van der Waals surface area contributed by atoms with E-state index in [9.17, 15) is 27.5 Å². The molecule has 0 saturated carbocycles. The second-order valence-electron chi connectivity index (χ2n) is 12.0. The molecular weight excluding hydrogens is 627 g/mol. The number of fused-ring (bicyclic) bond motifs is 1. The van der Waals surface area contributed by atoms with E-state index in [0.717, 1.165) is 37.1 Å². The maximum absolute atomic E-state index is 14.3. The highest BCUT2D eigenvalue weighted by Gasteiger charge is 2.31. The fourth-order valence-electron chi connectivity index (χ4n) is 5.34. The molecule has 13 heteroatoms. The molecule has 3 aromatic rings. The Morgan fingerprint density at radius 3 is 2.51 bits per heavy atom. The van der Waals surface area contributed by atoms with E-state index < -0.39 is 33.9 Å². The number of halogens is 1. The smallest absolute Gasteiger partial charge is 0.261 e. The lowest BCUT2D eigenvalue weighted by Gasteiger charge is -2.36. The minimum atomic E-state index is -4.10. The van der Waals surface area contributed by atoms with Crippen LogP contribution in [0.15, 0.2) is 71.9 Å². The number of anilines is 1. The average molecular weight is 671 g/mol. The summed E-state index contributed by atoms with van der Waals surface area (Å²) in [5.74, 6) is -1.22. The van der Waals surface area contributed by atoms with E-state index in [1.807, 2.05) is 13.8 Å². The number of aliphatic hydroxyl groups is 1. The van der Waals surface area contributed by atoms with Gasteiger partial charge >= 0.3 is 0 Å². The quantitative estimate of drug-likeness (QED) is 0.355. The first-order chi connectivity index (χ1) is 22.4. The van der Waals surface area contributed by atoms with Crippen molar-refractivity contribution >= 4 is 27.5 Å². The molecule has 47 heavy (non-hydrogen) atoms. The number of hydrogen-bond donors (Lipinski definition) is 2. The molecule has 2 N–H and O–H groups in total. The number of sulfonamides is 1. The first-order valence-electron chi connectivity index (χ1n) is 15.7. The molecular formula is C34H43FN4O7S. The van der Waals surface area contributed by atoms with Crippen LogP contribution in [0, 0.1) is 11.7 Å². The summed E-state index contributed by atoms with van der Waals surface area (Å²) >= 11 is 0. The van der Waals surface area contributed by atoms with Crippen molar-refractivity contribution in [1.82, 2.24) is 14.8 Å². The van der Waals surface area contributed by atoms with Gasteiger partial charge in [-0.05, 0) is 87.7 Å². The SMILES string of the molecule is C[C@@H]1CCCCO[C@H](CN(C)C(=O)c2ccncc2)[C@@H](C)CN([C@H](C)CO)C(=O)c2cc(NS(=O)(=O)c3ccc(F)cc3)ccc2O1. The zero-order chi connectivity index (χ0) is 34.1. The van der Waals surface area contributed by atoms with Crippen molar-refractivity contribution in [2.45, 2.75) is 63.2 Å². The summed E-state index contributed by atoms with van der Waals surface area (Å²) in [5.41, 5.74) is 0.724.